The summed E-state index contributed by atoms with van der Waals surface area (Å²) in [6.45, 7) is 1.81. The van der Waals surface area contributed by atoms with Crippen LogP contribution in [0.4, 0.5) is 10.1 Å². The minimum atomic E-state index is -1.13. The van der Waals surface area contributed by atoms with E-state index in [0.717, 1.165) is 21.4 Å². The number of halogens is 2. The number of rotatable bonds is 6. The zero-order chi connectivity index (χ0) is 33.5. The van der Waals surface area contributed by atoms with Gasteiger partial charge in [-0.3, -0.25) is 9.59 Å². The Bertz CT molecular complexity index is 2260. The molecule has 0 radical (unpaired) electrons. The van der Waals surface area contributed by atoms with Gasteiger partial charge in [0.2, 0.25) is 0 Å². The molecule has 12 nitrogen and oxygen atoms in total. The largest absolute Gasteiger partial charge is 0.477 e. The van der Waals surface area contributed by atoms with E-state index in [1.165, 1.54) is 29.6 Å². The zero-order valence-corrected chi connectivity index (χ0v) is 25.9. The van der Waals surface area contributed by atoms with Crippen LogP contribution in [0.2, 0.25) is 5.02 Å². The number of benzene rings is 3. The van der Waals surface area contributed by atoms with Gasteiger partial charge in [-0.15, -0.1) is 5.10 Å². The second kappa shape index (κ2) is 12.3. The molecule has 14 heteroatoms. The number of carbonyl (C=O) groups is 3. The van der Waals surface area contributed by atoms with Crippen LogP contribution in [0.5, 0.6) is 0 Å². The predicted molar refractivity (Wildman–Crippen MR) is 173 cm³/mol. The number of pyridine rings is 1. The molecular weight excluding hydrogens is 639 g/mol. The van der Waals surface area contributed by atoms with E-state index >= 15 is 0 Å². The summed E-state index contributed by atoms with van der Waals surface area (Å²) in [5.74, 6) is -2.93. The monoisotopic (exact) mass is 662 g/mol. The van der Waals surface area contributed by atoms with E-state index < -0.39 is 29.6 Å². The summed E-state index contributed by atoms with van der Waals surface area (Å²) in [5, 5.41) is 20.9. The number of carboxylic acid groups (broad SMARTS) is 1. The number of aryl methyl sites for hydroxylation is 1. The summed E-state index contributed by atoms with van der Waals surface area (Å²) >= 11 is 5.95. The maximum absolute atomic E-state index is 14.7. The highest BCUT2D eigenvalue weighted by Gasteiger charge is 2.38. The van der Waals surface area contributed by atoms with E-state index in [9.17, 15) is 23.9 Å². The fourth-order valence-corrected chi connectivity index (χ4v) is 6.13. The minimum Gasteiger partial charge on any atom is -0.477 e. The van der Waals surface area contributed by atoms with E-state index in [1.807, 2.05) is 6.07 Å². The summed E-state index contributed by atoms with van der Waals surface area (Å²) in [6.07, 6.45) is 6.51. The molecule has 48 heavy (non-hydrogen) atoms. The molecule has 0 aliphatic carbocycles. The molecule has 3 aromatic carbocycles. The van der Waals surface area contributed by atoms with E-state index in [1.54, 1.807) is 61.8 Å². The fourth-order valence-electron chi connectivity index (χ4n) is 5.96. The summed E-state index contributed by atoms with van der Waals surface area (Å²) in [5.41, 5.74) is 4.27. The molecule has 0 bridgehead atoms. The number of fused-ring (bicyclic) bond motifs is 2. The van der Waals surface area contributed by atoms with Crippen molar-refractivity contribution >= 4 is 46.0 Å². The molecule has 2 N–H and O–H groups in total. The van der Waals surface area contributed by atoms with Crippen molar-refractivity contribution in [3.8, 4) is 16.8 Å². The lowest BCUT2D eigenvalue weighted by molar-refractivity contribution is -0.121. The Hall–Kier alpha value is -6.08. The Morgan fingerprint density at radius 3 is 2.62 bits per heavy atom. The van der Waals surface area contributed by atoms with Gasteiger partial charge in [0.05, 0.1) is 16.7 Å². The van der Waals surface area contributed by atoms with Crippen molar-refractivity contribution in [2.45, 2.75) is 19.4 Å². The maximum atomic E-state index is 14.7. The van der Waals surface area contributed by atoms with Crippen molar-refractivity contribution in [2.24, 2.45) is 0 Å². The van der Waals surface area contributed by atoms with Crippen LogP contribution in [0.25, 0.3) is 27.7 Å². The molecule has 1 aliphatic heterocycles. The SMILES string of the molecule is Cc1cc2cc(NC(=O)C3c4cccc(-c5cncnc5)c4CCN3C(=O)c3cn(-c4cccc(Cl)c4F)nn3)ccc2nc1C(=O)O. The minimum absolute atomic E-state index is 0.0126. The van der Waals surface area contributed by atoms with Gasteiger partial charge in [-0.05, 0) is 72.0 Å². The van der Waals surface area contributed by atoms with Crippen LogP contribution >= 0.6 is 11.6 Å². The quantitative estimate of drug-likeness (QED) is 0.237. The van der Waals surface area contributed by atoms with E-state index in [0.29, 0.717) is 34.1 Å². The number of aromatic carboxylic acids is 1. The van der Waals surface area contributed by atoms with Gasteiger partial charge in [0, 0.05) is 35.6 Å². The lowest BCUT2D eigenvalue weighted by atomic mass is 9.86. The Kier molecular flexibility index (Phi) is 7.81. The first-order valence-electron chi connectivity index (χ1n) is 14.7. The molecule has 1 aliphatic rings. The second-order valence-electron chi connectivity index (χ2n) is 11.1. The summed E-state index contributed by atoms with van der Waals surface area (Å²) in [6, 6.07) is 15.4. The number of aromatic nitrogens is 6. The molecule has 4 heterocycles. The molecule has 0 fully saturated rings. The first kappa shape index (κ1) is 30.6. The molecule has 2 amide bonds. The number of carboxylic acids is 1. The number of amides is 2. The highest BCUT2D eigenvalue weighted by Crippen LogP contribution is 2.37. The van der Waals surface area contributed by atoms with Crippen molar-refractivity contribution in [2.75, 3.05) is 11.9 Å². The van der Waals surface area contributed by atoms with Gasteiger partial charge in [-0.1, -0.05) is 41.1 Å². The van der Waals surface area contributed by atoms with Crippen molar-refractivity contribution in [3.63, 3.8) is 0 Å². The molecule has 238 valence electrons. The molecule has 1 unspecified atom stereocenters. The van der Waals surface area contributed by atoms with Crippen LogP contribution in [0.3, 0.4) is 0 Å². The van der Waals surface area contributed by atoms with Gasteiger partial charge in [0.15, 0.2) is 17.2 Å². The number of anilines is 1. The highest BCUT2D eigenvalue weighted by molar-refractivity contribution is 6.30. The van der Waals surface area contributed by atoms with Gasteiger partial charge < -0.3 is 15.3 Å². The van der Waals surface area contributed by atoms with E-state index in [4.69, 9.17) is 11.6 Å². The normalized spacial score (nSPS) is 14.1. The summed E-state index contributed by atoms with van der Waals surface area (Å²) < 4.78 is 15.9. The number of hydrogen-bond donors (Lipinski definition) is 2. The first-order valence-corrected chi connectivity index (χ1v) is 15.1. The average Bonchev–Trinajstić information content (AvgIpc) is 3.58. The van der Waals surface area contributed by atoms with Crippen LogP contribution in [-0.2, 0) is 11.2 Å². The topological polar surface area (TPSA) is 156 Å². The average molecular weight is 663 g/mol. The molecule has 0 saturated heterocycles. The van der Waals surface area contributed by atoms with Crippen LogP contribution in [-0.4, -0.2) is 64.3 Å². The molecule has 1 atom stereocenters. The number of carbonyl (C=O) groups excluding carboxylic acids is 2. The van der Waals surface area contributed by atoms with Crippen LogP contribution < -0.4 is 5.32 Å². The summed E-state index contributed by atoms with van der Waals surface area (Å²) in [7, 11) is 0. The van der Waals surface area contributed by atoms with Crippen LogP contribution in [0.1, 0.15) is 43.7 Å². The standard InChI is InChI=1S/C34H24ClFN8O4/c1-18-12-19-13-21(8-9-26(19)40-30(18)34(47)48)39-32(45)31-24-5-2-4-22(20-14-37-17-38-15-20)23(24)10-11-43(31)33(46)27-16-44(42-41-27)28-7-3-6-25(35)29(28)36/h2-9,12-17,31H,10-11H2,1H3,(H,39,45)(H,47,48). The van der Waals surface area contributed by atoms with Gasteiger partial charge in [0.25, 0.3) is 11.8 Å². The van der Waals surface area contributed by atoms with E-state index in [2.05, 4.69) is 30.6 Å². The van der Waals surface area contributed by atoms with Crippen molar-refractivity contribution < 1.29 is 23.9 Å². The Balaban J connectivity index is 1.27. The third-order valence-corrected chi connectivity index (χ3v) is 8.46. The van der Waals surface area contributed by atoms with Gasteiger partial charge in [-0.2, -0.15) is 0 Å². The fraction of sp³-hybridized carbons (Fsp3) is 0.118. The van der Waals surface area contributed by atoms with Crippen LogP contribution in [0, 0.1) is 12.7 Å². The van der Waals surface area contributed by atoms with Gasteiger partial charge in [0.1, 0.15) is 18.1 Å². The van der Waals surface area contributed by atoms with E-state index in [-0.39, 0.29) is 28.6 Å². The molecular formula is C34H24ClFN8O4. The lowest BCUT2D eigenvalue weighted by Crippen LogP contribution is -2.45. The molecule has 7 rings (SSSR count). The number of nitrogens with zero attached hydrogens (tertiary/aromatic N) is 7. The number of hydrogen-bond acceptors (Lipinski definition) is 8. The smallest absolute Gasteiger partial charge is 0.354 e. The lowest BCUT2D eigenvalue weighted by Gasteiger charge is -2.36. The van der Waals surface area contributed by atoms with Crippen molar-refractivity contribution in [1.82, 2.24) is 34.8 Å². The van der Waals surface area contributed by atoms with Gasteiger partial charge >= 0.3 is 5.97 Å². The number of nitrogens with one attached hydrogen (secondary N) is 1. The zero-order valence-electron chi connectivity index (χ0n) is 25.1. The Morgan fingerprint density at radius 2 is 1.83 bits per heavy atom. The third kappa shape index (κ3) is 5.49. The Morgan fingerprint density at radius 1 is 1.04 bits per heavy atom. The molecule has 6 aromatic rings. The second-order valence-corrected chi connectivity index (χ2v) is 11.5. The van der Waals surface area contributed by atoms with Gasteiger partial charge in [-0.25, -0.2) is 28.8 Å². The van der Waals surface area contributed by atoms with Crippen molar-refractivity contribution in [3.05, 3.63) is 124 Å². The van der Waals surface area contributed by atoms with Crippen LogP contribution in [0.15, 0.2) is 85.6 Å². The predicted octanol–water partition coefficient (Wildman–Crippen LogP) is 5.45. The molecule has 3 aromatic heterocycles. The maximum Gasteiger partial charge on any atom is 0.354 e. The Labute approximate surface area is 276 Å². The first-order chi connectivity index (χ1) is 23.2. The highest BCUT2D eigenvalue weighted by atomic mass is 35.5. The molecule has 0 saturated carbocycles. The van der Waals surface area contributed by atoms with Crippen molar-refractivity contribution in [1.29, 1.82) is 0 Å². The third-order valence-electron chi connectivity index (χ3n) is 8.17. The molecule has 0 spiro atoms. The summed E-state index contributed by atoms with van der Waals surface area (Å²) in [4.78, 5) is 53.8.